The Bertz CT molecular complexity index is 1440. The van der Waals surface area contributed by atoms with Crippen LogP contribution < -0.4 is 4.90 Å². The van der Waals surface area contributed by atoms with Gasteiger partial charge in [0.25, 0.3) is 0 Å². The lowest BCUT2D eigenvalue weighted by atomic mass is 9.78. The van der Waals surface area contributed by atoms with Gasteiger partial charge in [0, 0.05) is 27.9 Å². The fraction of sp³-hybridized carbons (Fsp3) is 0.115. The standard InChI is InChI=1S/C26H17NO5/c1-14-7-6-8-15(13-14)27-21-16-9-2-3-10-17(16)22(28)23(29)20(21)25(31)24(30)18-11-4-5-12-19(18)26(25,27)32/h2-13,31-32H,1H3. The number of benzene rings is 3. The predicted molar refractivity (Wildman–Crippen MR) is 116 cm³/mol. The van der Waals surface area contributed by atoms with Crippen molar-refractivity contribution in [2.24, 2.45) is 0 Å². The molecule has 6 heteroatoms. The number of anilines is 1. The van der Waals surface area contributed by atoms with Gasteiger partial charge in [-0.2, -0.15) is 0 Å². The molecule has 2 aliphatic carbocycles. The smallest absolute Gasteiger partial charge is 0.235 e. The molecule has 0 amide bonds. The third kappa shape index (κ3) is 1.90. The highest BCUT2D eigenvalue weighted by atomic mass is 16.4. The van der Waals surface area contributed by atoms with Crippen LogP contribution in [0, 0.1) is 6.92 Å². The van der Waals surface area contributed by atoms with Crippen molar-refractivity contribution in [1.82, 2.24) is 0 Å². The van der Waals surface area contributed by atoms with Crippen LogP contribution in [-0.4, -0.2) is 33.2 Å². The number of carbonyl (C=O) groups excluding carboxylic acids is 3. The fourth-order valence-corrected chi connectivity index (χ4v) is 5.28. The maximum absolute atomic E-state index is 13.5. The number of aliphatic hydroxyl groups is 2. The van der Waals surface area contributed by atoms with E-state index in [1.807, 2.05) is 13.0 Å². The van der Waals surface area contributed by atoms with E-state index in [0.29, 0.717) is 11.3 Å². The quantitative estimate of drug-likeness (QED) is 0.585. The van der Waals surface area contributed by atoms with Gasteiger partial charge in [0.15, 0.2) is 0 Å². The van der Waals surface area contributed by atoms with E-state index in [4.69, 9.17) is 0 Å². The summed E-state index contributed by atoms with van der Waals surface area (Å²) < 4.78 is 0. The lowest BCUT2D eigenvalue weighted by Gasteiger charge is -2.40. The lowest BCUT2D eigenvalue weighted by Crippen LogP contribution is -2.58. The summed E-state index contributed by atoms with van der Waals surface area (Å²) in [6, 6.07) is 20.1. The van der Waals surface area contributed by atoms with Crippen LogP contribution in [0.5, 0.6) is 0 Å². The number of Topliss-reactive ketones (excluding diaryl/α,β-unsaturated/α-hetero) is 3. The van der Waals surface area contributed by atoms with Crippen molar-refractivity contribution in [3.05, 3.63) is 106 Å². The molecule has 0 aromatic heterocycles. The Morgan fingerprint density at radius 1 is 0.750 bits per heavy atom. The van der Waals surface area contributed by atoms with Crippen LogP contribution in [0.25, 0.3) is 5.70 Å². The molecule has 3 aromatic carbocycles. The third-order valence-corrected chi connectivity index (χ3v) is 6.65. The molecule has 3 aliphatic rings. The summed E-state index contributed by atoms with van der Waals surface area (Å²) in [6.07, 6.45) is 0. The Balaban J connectivity index is 1.79. The normalized spacial score (nSPS) is 25.6. The van der Waals surface area contributed by atoms with Crippen molar-refractivity contribution in [2.75, 3.05) is 4.90 Å². The van der Waals surface area contributed by atoms with Crippen LogP contribution in [0.1, 0.15) is 37.4 Å². The third-order valence-electron chi connectivity index (χ3n) is 6.65. The predicted octanol–water partition coefficient (Wildman–Crippen LogP) is 2.76. The van der Waals surface area contributed by atoms with Gasteiger partial charge in [-0.25, -0.2) is 0 Å². The first kappa shape index (κ1) is 18.9. The zero-order chi connectivity index (χ0) is 22.4. The van der Waals surface area contributed by atoms with Crippen molar-refractivity contribution in [2.45, 2.75) is 18.2 Å². The van der Waals surface area contributed by atoms with Gasteiger partial charge in [-0.3, -0.25) is 14.4 Å². The van der Waals surface area contributed by atoms with Crippen LogP contribution in [0.2, 0.25) is 0 Å². The molecule has 156 valence electrons. The van der Waals surface area contributed by atoms with E-state index in [1.165, 1.54) is 17.0 Å². The molecule has 0 fully saturated rings. The summed E-state index contributed by atoms with van der Waals surface area (Å²) >= 11 is 0. The largest absolute Gasteiger partial charge is 0.372 e. The van der Waals surface area contributed by atoms with Crippen molar-refractivity contribution in [3.63, 3.8) is 0 Å². The van der Waals surface area contributed by atoms with Gasteiger partial charge in [-0.1, -0.05) is 60.7 Å². The molecule has 2 N–H and O–H groups in total. The Hall–Kier alpha value is -3.87. The van der Waals surface area contributed by atoms with Gasteiger partial charge < -0.3 is 15.1 Å². The van der Waals surface area contributed by atoms with Crippen molar-refractivity contribution in [1.29, 1.82) is 0 Å². The molecule has 6 rings (SSSR count). The van der Waals surface area contributed by atoms with Crippen LogP contribution in [0.15, 0.2) is 78.4 Å². The van der Waals surface area contributed by atoms with E-state index in [1.54, 1.807) is 54.6 Å². The van der Waals surface area contributed by atoms with E-state index < -0.39 is 28.7 Å². The maximum Gasteiger partial charge on any atom is 0.235 e. The van der Waals surface area contributed by atoms with E-state index in [0.717, 1.165) is 5.56 Å². The number of carbonyl (C=O) groups is 3. The average molecular weight is 423 g/mol. The first-order chi connectivity index (χ1) is 15.3. The molecule has 0 radical (unpaired) electrons. The average Bonchev–Trinajstić information content (AvgIpc) is 3.12. The Morgan fingerprint density at radius 3 is 2.12 bits per heavy atom. The van der Waals surface area contributed by atoms with E-state index in [2.05, 4.69) is 0 Å². The van der Waals surface area contributed by atoms with Crippen LogP contribution in [-0.2, 0) is 10.5 Å². The van der Waals surface area contributed by atoms with Gasteiger partial charge >= 0.3 is 0 Å². The van der Waals surface area contributed by atoms with Gasteiger partial charge in [-0.15, -0.1) is 0 Å². The fourth-order valence-electron chi connectivity index (χ4n) is 5.28. The van der Waals surface area contributed by atoms with Crippen molar-refractivity contribution >= 4 is 28.7 Å². The molecule has 3 aromatic rings. The highest BCUT2D eigenvalue weighted by Gasteiger charge is 2.74. The maximum atomic E-state index is 13.5. The zero-order valence-corrected chi connectivity index (χ0v) is 17.0. The number of rotatable bonds is 1. The number of hydrogen-bond donors (Lipinski definition) is 2. The highest BCUT2D eigenvalue weighted by Crippen LogP contribution is 2.61. The molecule has 1 heterocycles. The molecule has 2 unspecified atom stereocenters. The highest BCUT2D eigenvalue weighted by molar-refractivity contribution is 6.54. The van der Waals surface area contributed by atoms with Gasteiger partial charge in [0.1, 0.15) is 0 Å². The molecule has 2 atom stereocenters. The molecule has 0 saturated carbocycles. The number of ketones is 3. The minimum Gasteiger partial charge on any atom is -0.372 e. The second-order valence-electron chi connectivity index (χ2n) is 8.36. The number of hydrogen-bond acceptors (Lipinski definition) is 6. The molecule has 0 bridgehead atoms. The second kappa shape index (κ2) is 5.88. The molecule has 6 nitrogen and oxygen atoms in total. The summed E-state index contributed by atoms with van der Waals surface area (Å²) in [4.78, 5) is 41.3. The van der Waals surface area contributed by atoms with Crippen LogP contribution >= 0.6 is 0 Å². The molecule has 0 spiro atoms. The minimum atomic E-state index is -2.63. The lowest BCUT2D eigenvalue weighted by molar-refractivity contribution is -0.119. The first-order valence-electron chi connectivity index (χ1n) is 10.2. The second-order valence-corrected chi connectivity index (χ2v) is 8.36. The van der Waals surface area contributed by atoms with E-state index in [9.17, 15) is 24.6 Å². The van der Waals surface area contributed by atoms with Crippen molar-refractivity contribution < 1.29 is 24.6 Å². The summed E-state index contributed by atoms with van der Waals surface area (Å²) in [5.41, 5.74) is -2.93. The van der Waals surface area contributed by atoms with Gasteiger partial charge in [0.2, 0.25) is 28.7 Å². The molecular formula is C26H17NO5. The van der Waals surface area contributed by atoms with Crippen LogP contribution in [0.3, 0.4) is 0 Å². The zero-order valence-electron chi connectivity index (χ0n) is 17.0. The van der Waals surface area contributed by atoms with Crippen LogP contribution in [0.4, 0.5) is 5.69 Å². The number of aryl methyl sites for hydroxylation is 1. The summed E-state index contributed by atoms with van der Waals surface area (Å²) in [5.74, 6) is -2.61. The minimum absolute atomic E-state index is 0.112. The topological polar surface area (TPSA) is 94.9 Å². The first-order valence-corrected chi connectivity index (χ1v) is 10.2. The van der Waals surface area contributed by atoms with E-state index >= 15 is 0 Å². The monoisotopic (exact) mass is 423 g/mol. The van der Waals surface area contributed by atoms with Crippen molar-refractivity contribution in [3.8, 4) is 0 Å². The Labute approximate surface area is 183 Å². The van der Waals surface area contributed by atoms with Gasteiger partial charge in [-0.05, 0) is 24.6 Å². The van der Waals surface area contributed by atoms with Gasteiger partial charge in [0.05, 0.1) is 11.3 Å². The van der Waals surface area contributed by atoms with E-state index in [-0.39, 0.29) is 28.0 Å². The molecule has 32 heavy (non-hydrogen) atoms. The molecule has 0 saturated heterocycles. The SMILES string of the molecule is Cc1cccc(N2C3=C(C(=O)C(=O)c4ccccc43)C3(O)C(=O)c4ccccc4C23O)c1. The Kier molecular flexibility index (Phi) is 3.47. The number of nitrogens with zero attached hydrogens (tertiary/aromatic N) is 1. The summed E-state index contributed by atoms with van der Waals surface area (Å²) in [6.45, 7) is 1.88. The Morgan fingerprint density at radius 2 is 1.41 bits per heavy atom. The molecule has 1 aliphatic heterocycles. The summed E-state index contributed by atoms with van der Waals surface area (Å²) in [5, 5.41) is 24.1. The summed E-state index contributed by atoms with van der Waals surface area (Å²) in [7, 11) is 0. The number of fused-ring (bicyclic) bond motifs is 6. The molecular weight excluding hydrogens is 406 g/mol.